The van der Waals surface area contributed by atoms with Crippen molar-refractivity contribution in [2.75, 3.05) is 11.4 Å². The molecule has 0 aromatic carbocycles. The van der Waals surface area contributed by atoms with E-state index in [1.54, 1.807) is 6.92 Å². The van der Waals surface area contributed by atoms with Crippen molar-refractivity contribution in [3.8, 4) is 0 Å². The van der Waals surface area contributed by atoms with Crippen molar-refractivity contribution in [2.24, 2.45) is 0 Å². The van der Waals surface area contributed by atoms with Crippen LogP contribution in [0.2, 0.25) is 0 Å². The van der Waals surface area contributed by atoms with Gasteiger partial charge in [0.05, 0.1) is 23.7 Å². The van der Waals surface area contributed by atoms with Crippen molar-refractivity contribution in [1.29, 1.82) is 0 Å². The number of aromatic nitrogens is 1. The number of aliphatic hydroxyl groups excluding tert-OH is 1. The zero-order chi connectivity index (χ0) is 12.3. The Morgan fingerprint density at radius 3 is 2.82 bits per heavy atom. The molecule has 3 heteroatoms. The average Bonchev–Trinajstić information content (AvgIpc) is 2.54. The Bertz CT molecular complexity index is 348. The first-order chi connectivity index (χ1) is 8.18. The molecule has 3 nitrogen and oxygen atoms in total. The first-order valence-electron chi connectivity index (χ1n) is 6.59. The number of aliphatic hydroxyl groups is 1. The Morgan fingerprint density at radius 2 is 2.18 bits per heavy atom. The van der Waals surface area contributed by atoms with E-state index < -0.39 is 6.10 Å². The van der Waals surface area contributed by atoms with E-state index in [9.17, 15) is 5.11 Å². The summed E-state index contributed by atoms with van der Waals surface area (Å²) in [6.45, 7) is 5.15. The second-order valence-electron chi connectivity index (χ2n) is 5.01. The second-order valence-corrected chi connectivity index (χ2v) is 5.01. The summed E-state index contributed by atoms with van der Waals surface area (Å²) in [5.74, 6) is 0. The van der Waals surface area contributed by atoms with Crippen LogP contribution in [-0.4, -0.2) is 22.7 Å². The fourth-order valence-electron chi connectivity index (χ4n) is 2.47. The van der Waals surface area contributed by atoms with E-state index in [1.807, 2.05) is 12.3 Å². The highest BCUT2D eigenvalue weighted by molar-refractivity contribution is 5.45. The fraction of sp³-hybridized carbons (Fsp3) is 0.643. The van der Waals surface area contributed by atoms with Crippen LogP contribution in [0.15, 0.2) is 18.3 Å². The molecule has 1 N–H and O–H groups in total. The summed E-state index contributed by atoms with van der Waals surface area (Å²) < 4.78 is 0. The molecule has 2 heterocycles. The number of hydrogen-bond donors (Lipinski definition) is 1. The third-order valence-electron chi connectivity index (χ3n) is 3.58. The van der Waals surface area contributed by atoms with Gasteiger partial charge in [0.1, 0.15) is 0 Å². The molecule has 0 radical (unpaired) electrons. The lowest BCUT2D eigenvalue weighted by molar-refractivity contribution is 0.194. The molecule has 0 bridgehead atoms. The highest BCUT2D eigenvalue weighted by Gasteiger charge is 2.17. The summed E-state index contributed by atoms with van der Waals surface area (Å²) in [4.78, 5) is 6.76. The zero-order valence-electron chi connectivity index (χ0n) is 10.8. The molecule has 0 aliphatic carbocycles. The molecule has 1 saturated heterocycles. The highest BCUT2D eigenvalue weighted by atomic mass is 16.3. The molecule has 1 aromatic rings. The van der Waals surface area contributed by atoms with Gasteiger partial charge in [-0.1, -0.05) is 12.8 Å². The summed E-state index contributed by atoms with van der Waals surface area (Å²) in [5.41, 5.74) is 1.93. The Balaban J connectivity index is 2.14. The predicted octanol–water partition coefficient (Wildman–Crippen LogP) is 2.90. The number of hydrogen-bond acceptors (Lipinski definition) is 3. The maximum absolute atomic E-state index is 9.45. The number of rotatable bonds is 2. The van der Waals surface area contributed by atoms with Crippen molar-refractivity contribution in [3.63, 3.8) is 0 Å². The zero-order valence-corrected chi connectivity index (χ0v) is 10.8. The molecule has 94 valence electrons. The van der Waals surface area contributed by atoms with Crippen LogP contribution in [-0.2, 0) is 0 Å². The second kappa shape index (κ2) is 5.50. The minimum absolute atomic E-state index is 0.481. The summed E-state index contributed by atoms with van der Waals surface area (Å²) in [5, 5.41) is 9.45. The van der Waals surface area contributed by atoms with Crippen molar-refractivity contribution in [3.05, 3.63) is 24.0 Å². The Labute approximate surface area is 103 Å². The lowest BCUT2D eigenvalue weighted by Gasteiger charge is -2.29. The van der Waals surface area contributed by atoms with E-state index in [2.05, 4.69) is 22.9 Å². The quantitative estimate of drug-likeness (QED) is 0.854. The Hall–Kier alpha value is -1.09. The van der Waals surface area contributed by atoms with Crippen LogP contribution in [0.25, 0.3) is 0 Å². The van der Waals surface area contributed by atoms with Gasteiger partial charge in [0, 0.05) is 12.6 Å². The SMILES string of the molecule is CC(O)c1ccc(N2CCCCCC2C)cn1. The van der Waals surface area contributed by atoms with E-state index >= 15 is 0 Å². The van der Waals surface area contributed by atoms with Crippen LogP contribution in [0.5, 0.6) is 0 Å². The van der Waals surface area contributed by atoms with E-state index in [0.717, 1.165) is 12.2 Å². The minimum Gasteiger partial charge on any atom is -0.387 e. The van der Waals surface area contributed by atoms with Crippen molar-refractivity contribution >= 4 is 5.69 Å². The van der Waals surface area contributed by atoms with Gasteiger partial charge in [-0.3, -0.25) is 4.98 Å². The summed E-state index contributed by atoms with van der Waals surface area (Å²) in [6, 6.07) is 4.60. The Morgan fingerprint density at radius 1 is 1.35 bits per heavy atom. The maximum Gasteiger partial charge on any atom is 0.0931 e. The molecule has 2 rings (SSSR count). The lowest BCUT2D eigenvalue weighted by Crippen LogP contribution is -2.32. The van der Waals surface area contributed by atoms with E-state index in [0.29, 0.717) is 6.04 Å². The highest BCUT2D eigenvalue weighted by Crippen LogP contribution is 2.24. The molecule has 2 unspecified atom stereocenters. The first-order valence-corrected chi connectivity index (χ1v) is 6.59. The molecule has 17 heavy (non-hydrogen) atoms. The lowest BCUT2D eigenvalue weighted by atomic mass is 10.1. The maximum atomic E-state index is 9.45. The topological polar surface area (TPSA) is 36.4 Å². The van der Waals surface area contributed by atoms with Crippen LogP contribution in [0.1, 0.15) is 51.3 Å². The molecular formula is C14H22N2O. The number of anilines is 1. The van der Waals surface area contributed by atoms with Crippen molar-refractivity contribution in [1.82, 2.24) is 4.98 Å². The van der Waals surface area contributed by atoms with Gasteiger partial charge in [0.25, 0.3) is 0 Å². The largest absolute Gasteiger partial charge is 0.387 e. The van der Waals surface area contributed by atoms with Crippen molar-refractivity contribution < 1.29 is 5.11 Å². The van der Waals surface area contributed by atoms with Crippen LogP contribution in [0.4, 0.5) is 5.69 Å². The average molecular weight is 234 g/mol. The van der Waals surface area contributed by atoms with Crippen LogP contribution < -0.4 is 4.90 Å². The van der Waals surface area contributed by atoms with E-state index in [-0.39, 0.29) is 0 Å². The molecule has 1 fully saturated rings. The molecule has 0 amide bonds. The predicted molar refractivity (Wildman–Crippen MR) is 70.1 cm³/mol. The van der Waals surface area contributed by atoms with Gasteiger partial charge >= 0.3 is 0 Å². The molecule has 1 aromatic heterocycles. The van der Waals surface area contributed by atoms with Crippen LogP contribution >= 0.6 is 0 Å². The van der Waals surface area contributed by atoms with Crippen molar-refractivity contribution in [2.45, 2.75) is 51.7 Å². The standard InChI is InChI=1S/C14H22N2O/c1-11-6-4-3-5-9-16(11)13-7-8-14(12(2)17)15-10-13/h7-8,10-12,17H,3-6,9H2,1-2H3. The van der Waals surface area contributed by atoms with Gasteiger partial charge < -0.3 is 10.0 Å². The molecule has 0 saturated carbocycles. The summed E-state index contributed by atoms with van der Waals surface area (Å²) in [7, 11) is 0. The summed E-state index contributed by atoms with van der Waals surface area (Å²) >= 11 is 0. The van der Waals surface area contributed by atoms with Gasteiger partial charge in [-0.25, -0.2) is 0 Å². The Kier molecular flexibility index (Phi) is 4.00. The molecule has 1 aliphatic heterocycles. The van der Waals surface area contributed by atoms with Gasteiger partial charge in [-0.15, -0.1) is 0 Å². The van der Waals surface area contributed by atoms with Gasteiger partial charge in [0.2, 0.25) is 0 Å². The van der Waals surface area contributed by atoms with Gasteiger partial charge in [-0.2, -0.15) is 0 Å². The smallest absolute Gasteiger partial charge is 0.0931 e. The molecule has 2 atom stereocenters. The molecular weight excluding hydrogens is 212 g/mol. The first kappa shape index (κ1) is 12.4. The molecule has 0 spiro atoms. The van der Waals surface area contributed by atoms with Gasteiger partial charge in [0.15, 0.2) is 0 Å². The van der Waals surface area contributed by atoms with E-state index in [4.69, 9.17) is 0 Å². The van der Waals surface area contributed by atoms with Crippen LogP contribution in [0, 0.1) is 0 Å². The normalized spacial score (nSPS) is 23.2. The third-order valence-corrected chi connectivity index (χ3v) is 3.58. The fourth-order valence-corrected chi connectivity index (χ4v) is 2.47. The molecule has 1 aliphatic rings. The minimum atomic E-state index is -0.481. The number of nitrogens with zero attached hydrogens (tertiary/aromatic N) is 2. The summed E-state index contributed by atoms with van der Waals surface area (Å²) in [6.07, 6.45) is 6.60. The monoisotopic (exact) mass is 234 g/mol. The van der Waals surface area contributed by atoms with E-state index in [1.165, 1.54) is 31.4 Å². The third kappa shape index (κ3) is 2.97. The van der Waals surface area contributed by atoms with Crippen LogP contribution in [0.3, 0.4) is 0 Å². The van der Waals surface area contributed by atoms with Gasteiger partial charge in [-0.05, 0) is 38.8 Å². The number of pyridine rings is 1.